The molecule has 0 atom stereocenters. The summed E-state index contributed by atoms with van der Waals surface area (Å²) in [6.45, 7) is 0. The number of benzene rings is 8. The fourth-order valence-corrected chi connectivity index (χ4v) is 8.24. The molecule has 11 aromatic rings. The van der Waals surface area contributed by atoms with Crippen LogP contribution in [0.3, 0.4) is 0 Å². The monoisotopic (exact) mass is 753 g/mol. The molecule has 0 aliphatic heterocycles. The molecular formula is C54H35N5. The molecule has 0 N–H and O–H groups in total. The van der Waals surface area contributed by atoms with Gasteiger partial charge in [-0.25, -0.2) is 15.0 Å². The maximum Gasteiger partial charge on any atom is 0.160 e. The Morgan fingerprint density at radius 3 is 1.63 bits per heavy atom. The highest BCUT2D eigenvalue weighted by molar-refractivity contribution is 6.24. The second-order valence-electron chi connectivity index (χ2n) is 14.7. The topological polar surface area (TPSA) is 56.5 Å². The Kier molecular flexibility index (Phi) is 8.41. The predicted molar refractivity (Wildman–Crippen MR) is 242 cm³/mol. The van der Waals surface area contributed by atoms with Gasteiger partial charge in [0.2, 0.25) is 0 Å². The van der Waals surface area contributed by atoms with Crippen LogP contribution in [0.25, 0.3) is 106 Å². The molecule has 0 radical (unpaired) electrons. The quantitative estimate of drug-likeness (QED) is 0.152. The summed E-state index contributed by atoms with van der Waals surface area (Å²) in [4.78, 5) is 20.2. The van der Waals surface area contributed by atoms with Crippen LogP contribution < -0.4 is 0 Å². The van der Waals surface area contributed by atoms with Crippen molar-refractivity contribution in [3.05, 3.63) is 213 Å². The fourth-order valence-electron chi connectivity index (χ4n) is 8.24. The summed E-state index contributed by atoms with van der Waals surface area (Å²) < 4.78 is 2.32. The van der Waals surface area contributed by atoms with E-state index >= 15 is 0 Å². The van der Waals surface area contributed by atoms with Crippen LogP contribution in [0.4, 0.5) is 0 Å². The number of hydrogen-bond acceptors (Lipinski definition) is 4. The molecule has 3 heterocycles. The lowest BCUT2D eigenvalue weighted by Gasteiger charge is -2.14. The number of rotatable bonds is 7. The van der Waals surface area contributed by atoms with Gasteiger partial charge in [-0.3, -0.25) is 9.55 Å². The molecule has 11 rings (SSSR count). The van der Waals surface area contributed by atoms with Crippen LogP contribution in [0.15, 0.2) is 213 Å². The third-order valence-electron chi connectivity index (χ3n) is 11.1. The van der Waals surface area contributed by atoms with Crippen molar-refractivity contribution in [1.82, 2.24) is 24.5 Å². The van der Waals surface area contributed by atoms with Gasteiger partial charge >= 0.3 is 0 Å². The predicted octanol–water partition coefficient (Wildman–Crippen LogP) is 13.5. The Morgan fingerprint density at radius 1 is 0.339 bits per heavy atom. The average Bonchev–Trinajstić information content (AvgIpc) is 3.74. The molecule has 3 aromatic heterocycles. The second kappa shape index (κ2) is 14.5. The molecule has 5 nitrogen and oxygen atoms in total. The average molecular weight is 754 g/mol. The maximum absolute atomic E-state index is 5.39. The van der Waals surface area contributed by atoms with Gasteiger partial charge in [-0.15, -0.1) is 0 Å². The summed E-state index contributed by atoms with van der Waals surface area (Å²) in [6.07, 6.45) is 3.81. The Hall–Kier alpha value is -8.02. The third kappa shape index (κ3) is 6.22. The number of fused-ring (bicyclic) bond motifs is 6. The van der Waals surface area contributed by atoms with Crippen molar-refractivity contribution >= 4 is 32.6 Å². The first-order valence-corrected chi connectivity index (χ1v) is 19.8. The minimum absolute atomic E-state index is 0.688. The number of imidazole rings is 1. The first-order chi connectivity index (χ1) is 29.2. The molecule has 8 aromatic carbocycles. The van der Waals surface area contributed by atoms with Gasteiger partial charge in [-0.2, -0.15) is 0 Å². The SMILES string of the molecule is c1ccc(-c2ccc(-c3cc(-c4cccc(-c5cccc(-n6c(-c7ccccc7)nc7c8cnccc8c8ccccc8c76)c5)c4)nc(-c4ccccc4)n3)cc2)cc1. The molecule has 0 aliphatic rings. The third-order valence-corrected chi connectivity index (χ3v) is 11.1. The van der Waals surface area contributed by atoms with E-state index in [4.69, 9.17) is 15.0 Å². The van der Waals surface area contributed by atoms with E-state index in [1.54, 1.807) is 0 Å². The summed E-state index contributed by atoms with van der Waals surface area (Å²) in [5.41, 5.74) is 13.3. The first-order valence-electron chi connectivity index (χ1n) is 19.8. The maximum atomic E-state index is 5.39. The van der Waals surface area contributed by atoms with E-state index in [1.807, 2.05) is 42.7 Å². The van der Waals surface area contributed by atoms with Gasteiger partial charge in [-0.05, 0) is 63.4 Å². The summed E-state index contributed by atoms with van der Waals surface area (Å²) in [6, 6.07) is 69.9. The molecular weight excluding hydrogens is 719 g/mol. The lowest BCUT2D eigenvalue weighted by molar-refractivity contribution is 1.11. The number of nitrogens with zero attached hydrogens (tertiary/aromatic N) is 5. The zero-order chi connectivity index (χ0) is 39.1. The van der Waals surface area contributed by atoms with Crippen LogP contribution >= 0.6 is 0 Å². The van der Waals surface area contributed by atoms with Crippen LogP contribution in [-0.2, 0) is 0 Å². The smallest absolute Gasteiger partial charge is 0.160 e. The summed E-state index contributed by atoms with van der Waals surface area (Å²) in [7, 11) is 0. The largest absolute Gasteiger partial charge is 0.292 e. The van der Waals surface area contributed by atoms with Crippen LogP contribution in [0.5, 0.6) is 0 Å². The van der Waals surface area contributed by atoms with Crippen molar-refractivity contribution in [2.45, 2.75) is 0 Å². The van der Waals surface area contributed by atoms with E-state index < -0.39 is 0 Å². The molecule has 0 amide bonds. The van der Waals surface area contributed by atoms with E-state index in [9.17, 15) is 0 Å². The van der Waals surface area contributed by atoms with Crippen molar-refractivity contribution in [2.24, 2.45) is 0 Å². The van der Waals surface area contributed by atoms with E-state index in [0.29, 0.717) is 5.82 Å². The summed E-state index contributed by atoms with van der Waals surface area (Å²) >= 11 is 0. The van der Waals surface area contributed by atoms with Crippen LogP contribution in [-0.4, -0.2) is 24.5 Å². The molecule has 0 aliphatic carbocycles. The summed E-state index contributed by atoms with van der Waals surface area (Å²) in [5.74, 6) is 1.57. The Labute approximate surface area is 341 Å². The van der Waals surface area contributed by atoms with E-state index in [-0.39, 0.29) is 0 Å². The highest BCUT2D eigenvalue weighted by Crippen LogP contribution is 2.40. The van der Waals surface area contributed by atoms with E-state index in [1.165, 1.54) is 16.5 Å². The minimum Gasteiger partial charge on any atom is -0.292 e. The molecule has 59 heavy (non-hydrogen) atoms. The van der Waals surface area contributed by atoms with Crippen molar-refractivity contribution in [1.29, 1.82) is 0 Å². The second-order valence-corrected chi connectivity index (χ2v) is 14.7. The highest BCUT2D eigenvalue weighted by Gasteiger charge is 2.21. The molecule has 0 fully saturated rings. The van der Waals surface area contributed by atoms with Crippen molar-refractivity contribution in [2.75, 3.05) is 0 Å². The Bertz CT molecular complexity index is 3300. The van der Waals surface area contributed by atoms with Gasteiger partial charge in [0.05, 0.1) is 22.4 Å². The Balaban J connectivity index is 1.05. The van der Waals surface area contributed by atoms with Gasteiger partial charge in [0.15, 0.2) is 5.82 Å². The minimum atomic E-state index is 0.688. The van der Waals surface area contributed by atoms with E-state index in [0.717, 1.165) is 83.5 Å². The van der Waals surface area contributed by atoms with Crippen molar-refractivity contribution in [3.63, 3.8) is 0 Å². The van der Waals surface area contributed by atoms with E-state index in [2.05, 4.69) is 179 Å². The number of pyridine rings is 1. The molecule has 0 saturated heterocycles. The molecule has 0 unspecified atom stereocenters. The standard InChI is InChI=1S/C54H35N5/c1-4-14-36(15-5-1)37-26-28-38(29-27-37)49-34-50(57-53(56-49)39-16-6-2-7-17-39)43-22-12-20-41(32-43)42-21-13-23-44(33-42)59-52-47-25-11-10-24-45(47)46-30-31-55-35-48(46)51(52)58-54(59)40-18-8-3-9-19-40/h1-35H. The fraction of sp³-hybridized carbons (Fsp3) is 0. The van der Waals surface area contributed by atoms with Gasteiger partial charge in [0, 0.05) is 51.1 Å². The molecule has 0 spiro atoms. The first kappa shape index (κ1) is 34.2. The zero-order valence-corrected chi connectivity index (χ0v) is 31.9. The normalized spacial score (nSPS) is 11.4. The van der Waals surface area contributed by atoms with Gasteiger partial charge in [0.1, 0.15) is 5.82 Å². The lowest BCUT2D eigenvalue weighted by Crippen LogP contribution is -1.99. The zero-order valence-electron chi connectivity index (χ0n) is 31.9. The molecule has 0 saturated carbocycles. The van der Waals surface area contributed by atoms with Crippen LogP contribution in [0, 0.1) is 0 Å². The molecule has 276 valence electrons. The molecule has 5 heteroatoms. The molecule has 0 bridgehead atoms. The lowest BCUT2D eigenvalue weighted by atomic mass is 9.99. The van der Waals surface area contributed by atoms with Gasteiger partial charge in [-0.1, -0.05) is 170 Å². The Morgan fingerprint density at radius 2 is 0.881 bits per heavy atom. The van der Waals surface area contributed by atoms with Crippen molar-refractivity contribution in [3.8, 4) is 73.2 Å². The van der Waals surface area contributed by atoms with Crippen molar-refractivity contribution < 1.29 is 0 Å². The van der Waals surface area contributed by atoms with Gasteiger partial charge < -0.3 is 0 Å². The van der Waals surface area contributed by atoms with Crippen LogP contribution in [0.2, 0.25) is 0 Å². The number of hydrogen-bond donors (Lipinski definition) is 0. The van der Waals surface area contributed by atoms with Gasteiger partial charge in [0.25, 0.3) is 0 Å². The highest BCUT2D eigenvalue weighted by atomic mass is 15.1. The summed E-state index contributed by atoms with van der Waals surface area (Å²) in [5, 5.41) is 4.50. The number of aromatic nitrogens is 5. The van der Waals surface area contributed by atoms with Crippen LogP contribution in [0.1, 0.15) is 0 Å².